The molecule has 0 aromatic heterocycles. The summed E-state index contributed by atoms with van der Waals surface area (Å²) in [5.74, 6) is 0.825. The summed E-state index contributed by atoms with van der Waals surface area (Å²) < 4.78 is 15.8. The Labute approximate surface area is 119 Å². The van der Waals surface area contributed by atoms with Gasteiger partial charge < -0.3 is 25.1 Å². The summed E-state index contributed by atoms with van der Waals surface area (Å²) in [4.78, 5) is 0. The second-order valence-electron chi connectivity index (χ2n) is 5.00. The summed E-state index contributed by atoms with van der Waals surface area (Å²) in [5.41, 5.74) is 8.36. The van der Waals surface area contributed by atoms with E-state index in [0.29, 0.717) is 13.2 Å². The molecule has 0 saturated carbocycles. The SMILES string of the molecule is COCCOCC(O)COc1cccc2c1CCC2N. The fourth-order valence-electron chi connectivity index (χ4n) is 2.38. The Balaban J connectivity index is 1.80. The average Bonchev–Trinajstić information content (AvgIpc) is 2.84. The summed E-state index contributed by atoms with van der Waals surface area (Å²) in [6, 6.07) is 6.02. The topological polar surface area (TPSA) is 73.9 Å². The molecule has 0 amide bonds. The molecule has 2 unspecified atom stereocenters. The highest BCUT2D eigenvalue weighted by atomic mass is 16.5. The molecule has 1 aliphatic carbocycles. The molecule has 0 spiro atoms. The van der Waals surface area contributed by atoms with Gasteiger partial charge in [-0.05, 0) is 30.0 Å². The van der Waals surface area contributed by atoms with E-state index >= 15 is 0 Å². The third-order valence-corrected chi connectivity index (χ3v) is 3.45. The molecule has 5 nitrogen and oxygen atoms in total. The van der Waals surface area contributed by atoms with Crippen molar-refractivity contribution in [3.8, 4) is 5.75 Å². The maximum Gasteiger partial charge on any atom is 0.122 e. The van der Waals surface area contributed by atoms with Crippen LogP contribution in [0.15, 0.2) is 18.2 Å². The van der Waals surface area contributed by atoms with Crippen molar-refractivity contribution < 1.29 is 19.3 Å². The van der Waals surface area contributed by atoms with E-state index in [0.717, 1.165) is 24.2 Å². The zero-order valence-electron chi connectivity index (χ0n) is 11.9. The first-order chi connectivity index (χ1) is 9.72. The summed E-state index contributed by atoms with van der Waals surface area (Å²) in [6.45, 7) is 1.47. The molecular formula is C15H23NO4. The van der Waals surface area contributed by atoms with Crippen molar-refractivity contribution in [2.24, 2.45) is 5.73 Å². The smallest absolute Gasteiger partial charge is 0.122 e. The van der Waals surface area contributed by atoms with Gasteiger partial charge in [0.25, 0.3) is 0 Å². The molecule has 0 aliphatic heterocycles. The number of ether oxygens (including phenoxy) is 3. The van der Waals surface area contributed by atoms with Crippen LogP contribution in [0.4, 0.5) is 0 Å². The summed E-state index contributed by atoms with van der Waals surface area (Å²) in [7, 11) is 1.61. The minimum Gasteiger partial charge on any atom is -0.491 e. The van der Waals surface area contributed by atoms with Crippen LogP contribution >= 0.6 is 0 Å². The van der Waals surface area contributed by atoms with Gasteiger partial charge in [0.2, 0.25) is 0 Å². The molecule has 0 radical (unpaired) electrons. The van der Waals surface area contributed by atoms with E-state index in [1.165, 1.54) is 5.56 Å². The van der Waals surface area contributed by atoms with E-state index in [9.17, 15) is 5.11 Å². The van der Waals surface area contributed by atoms with Gasteiger partial charge in [-0.15, -0.1) is 0 Å². The zero-order valence-corrected chi connectivity index (χ0v) is 11.9. The maximum absolute atomic E-state index is 9.79. The van der Waals surface area contributed by atoms with Crippen LogP contribution in [0.2, 0.25) is 0 Å². The third kappa shape index (κ3) is 3.93. The fraction of sp³-hybridized carbons (Fsp3) is 0.600. The van der Waals surface area contributed by atoms with Gasteiger partial charge in [-0.25, -0.2) is 0 Å². The van der Waals surface area contributed by atoms with E-state index in [-0.39, 0.29) is 19.3 Å². The lowest BCUT2D eigenvalue weighted by Crippen LogP contribution is -2.24. The number of benzene rings is 1. The van der Waals surface area contributed by atoms with Crippen molar-refractivity contribution in [2.75, 3.05) is 33.5 Å². The van der Waals surface area contributed by atoms with Crippen LogP contribution in [0.25, 0.3) is 0 Å². The van der Waals surface area contributed by atoms with Crippen molar-refractivity contribution in [1.82, 2.24) is 0 Å². The van der Waals surface area contributed by atoms with Crippen LogP contribution in [-0.4, -0.2) is 44.7 Å². The minimum absolute atomic E-state index is 0.107. The number of methoxy groups -OCH3 is 1. The molecule has 1 aromatic carbocycles. The molecule has 5 heteroatoms. The molecule has 0 fully saturated rings. The van der Waals surface area contributed by atoms with E-state index in [1.807, 2.05) is 18.2 Å². The first kappa shape index (κ1) is 15.3. The summed E-state index contributed by atoms with van der Waals surface area (Å²) in [6.07, 6.45) is 1.25. The van der Waals surface area contributed by atoms with Crippen molar-refractivity contribution in [1.29, 1.82) is 0 Å². The summed E-state index contributed by atoms with van der Waals surface area (Å²) >= 11 is 0. The first-order valence-corrected chi connectivity index (χ1v) is 6.97. The van der Waals surface area contributed by atoms with E-state index in [4.69, 9.17) is 19.9 Å². The molecule has 3 N–H and O–H groups in total. The zero-order chi connectivity index (χ0) is 14.4. The molecule has 1 aliphatic rings. The number of hydrogen-bond acceptors (Lipinski definition) is 5. The molecular weight excluding hydrogens is 258 g/mol. The highest BCUT2D eigenvalue weighted by molar-refractivity contribution is 5.44. The Kier molecular flexibility index (Phi) is 5.79. The van der Waals surface area contributed by atoms with Gasteiger partial charge in [-0.1, -0.05) is 12.1 Å². The van der Waals surface area contributed by atoms with Crippen LogP contribution in [0, 0.1) is 0 Å². The van der Waals surface area contributed by atoms with Gasteiger partial charge in [0.1, 0.15) is 18.5 Å². The van der Waals surface area contributed by atoms with Crippen LogP contribution in [-0.2, 0) is 15.9 Å². The first-order valence-electron chi connectivity index (χ1n) is 6.97. The molecule has 2 atom stereocenters. The average molecular weight is 281 g/mol. The number of nitrogens with two attached hydrogens (primary N) is 1. The highest BCUT2D eigenvalue weighted by Crippen LogP contribution is 2.35. The third-order valence-electron chi connectivity index (χ3n) is 3.45. The lowest BCUT2D eigenvalue weighted by molar-refractivity contribution is -0.00430. The van der Waals surface area contributed by atoms with Gasteiger partial charge in [0.05, 0.1) is 19.8 Å². The van der Waals surface area contributed by atoms with Crippen molar-refractivity contribution in [2.45, 2.75) is 25.0 Å². The molecule has 1 aromatic rings. The Bertz CT molecular complexity index is 424. The van der Waals surface area contributed by atoms with Crippen LogP contribution in [0.1, 0.15) is 23.6 Å². The Morgan fingerprint density at radius 1 is 1.35 bits per heavy atom. The predicted molar refractivity (Wildman–Crippen MR) is 75.9 cm³/mol. The Morgan fingerprint density at radius 2 is 2.20 bits per heavy atom. The van der Waals surface area contributed by atoms with E-state index in [1.54, 1.807) is 7.11 Å². The quantitative estimate of drug-likeness (QED) is 0.696. The van der Waals surface area contributed by atoms with Crippen LogP contribution < -0.4 is 10.5 Å². The van der Waals surface area contributed by atoms with Gasteiger partial charge in [0, 0.05) is 13.2 Å². The maximum atomic E-state index is 9.79. The number of aliphatic hydroxyl groups is 1. The molecule has 112 valence electrons. The van der Waals surface area contributed by atoms with Gasteiger partial charge in [-0.2, -0.15) is 0 Å². The molecule has 2 rings (SSSR count). The molecule has 0 bridgehead atoms. The Hall–Kier alpha value is -1.14. The number of rotatable bonds is 8. The lowest BCUT2D eigenvalue weighted by Gasteiger charge is -2.15. The van der Waals surface area contributed by atoms with E-state index < -0.39 is 6.10 Å². The van der Waals surface area contributed by atoms with Gasteiger partial charge >= 0.3 is 0 Å². The van der Waals surface area contributed by atoms with Crippen molar-refractivity contribution in [3.05, 3.63) is 29.3 Å². The second kappa shape index (κ2) is 7.59. The second-order valence-corrected chi connectivity index (χ2v) is 5.00. The molecule has 0 heterocycles. The van der Waals surface area contributed by atoms with Gasteiger partial charge in [-0.3, -0.25) is 0 Å². The number of fused-ring (bicyclic) bond motifs is 1. The summed E-state index contributed by atoms with van der Waals surface area (Å²) in [5, 5.41) is 9.79. The lowest BCUT2D eigenvalue weighted by atomic mass is 10.1. The van der Waals surface area contributed by atoms with Crippen LogP contribution in [0.3, 0.4) is 0 Å². The normalized spacial score (nSPS) is 18.9. The van der Waals surface area contributed by atoms with Crippen molar-refractivity contribution in [3.63, 3.8) is 0 Å². The molecule has 20 heavy (non-hydrogen) atoms. The standard InChI is InChI=1S/C15H23NO4/c1-18-7-8-19-9-11(17)10-20-15-4-2-3-12-13(15)5-6-14(12)16/h2-4,11,14,17H,5-10,16H2,1H3. The molecule has 0 saturated heterocycles. The minimum atomic E-state index is -0.641. The van der Waals surface area contributed by atoms with Crippen LogP contribution in [0.5, 0.6) is 5.75 Å². The monoisotopic (exact) mass is 281 g/mol. The largest absolute Gasteiger partial charge is 0.491 e. The fourth-order valence-corrected chi connectivity index (χ4v) is 2.38. The van der Waals surface area contributed by atoms with Crippen molar-refractivity contribution >= 4 is 0 Å². The number of hydrogen-bond donors (Lipinski definition) is 2. The van der Waals surface area contributed by atoms with E-state index in [2.05, 4.69) is 0 Å². The van der Waals surface area contributed by atoms with Gasteiger partial charge in [0.15, 0.2) is 0 Å². The predicted octanol–water partition coefficient (Wildman–Crippen LogP) is 1.04. The highest BCUT2D eigenvalue weighted by Gasteiger charge is 2.22. The Morgan fingerprint density at radius 3 is 3.00 bits per heavy atom. The number of aliphatic hydroxyl groups excluding tert-OH is 1.